The van der Waals surface area contributed by atoms with Gasteiger partial charge >= 0.3 is 0 Å². The van der Waals surface area contributed by atoms with Gasteiger partial charge in [0.05, 0.1) is 6.61 Å². The van der Waals surface area contributed by atoms with E-state index >= 15 is 0 Å². The molecule has 1 saturated heterocycles. The summed E-state index contributed by atoms with van der Waals surface area (Å²) < 4.78 is 25.3. The van der Waals surface area contributed by atoms with Crippen molar-refractivity contribution in [2.75, 3.05) is 33.4 Å². The number of halogens is 1. The van der Waals surface area contributed by atoms with Crippen LogP contribution in [0.1, 0.15) is 42.1 Å². The molecule has 0 unspecified atom stereocenters. The highest BCUT2D eigenvalue weighted by molar-refractivity contribution is 5.94. The fourth-order valence-electron chi connectivity index (χ4n) is 3.58. The number of carbonyl (C=O) groups is 2. The van der Waals surface area contributed by atoms with Gasteiger partial charge in [0.25, 0.3) is 11.8 Å². The third-order valence-corrected chi connectivity index (χ3v) is 5.26. The Morgan fingerprint density at radius 3 is 2.48 bits per heavy atom. The Hall–Kier alpha value is -3.09. The first-order valence-electron chi connectivity index (χ1n) is 10.7. The van der Waals surface area contributed by atoms with Gasteiger partial charge in [0, 0.05) is 37.8 Å². The Balaban J connectivity index is 1.67. The maximum Gasteiger partial charge on any atom is 0.260 e. The molecular weight excluding hydrogens is 399 g/mol. The summed E-state index contributed by atoms with van der Waals surface area (Å²) in [6.07, 6.45) is 3.19. The second-order valence-corrected chi connectivity index (χ2v) is 7.58. The summed E-state index contributed by atoms with van der Waals surface area (Å²) in [6.45, 7) is 3.84. The minimum Gasteiger partial charge on any atom is -0.490 e. The minimum atomic E-state index is -0.348. The van der Waals surface area contributed by atoms with Crippen LogP contribution in [-0.4, -0.2) is 55.0 Å². The first-order valence-corrected chi connectivity index (χ1v) is 10.7. The first-order chi connectivity index (χ1) is 15.0. The molecule has 3 rings (SSSR count). The molecule has 0 radical (unpaired) electrons. The monoisotopic (exact) mass is 428 g/mol. The molecule has 0 aliphatic carbocycles. The summed E-state index contributed by atoms with van der Waals surface area (Å²) in [7, 11) is 1.62. The molecule has 1 heterocycles. The van der Waals surface area contributed by atoms with E-state index < -0.39 is 0 Å². The van der Waals surface area contributed by atoms with E-state index in [1.807, 2.05) is 11.8 Å². The van der Waals surface area contributed by atoms with Gasteiger partial charge in [-0.2, -0.15) is 0 Å². The molecular formula is C24H29FN2O4. The summed E-state index contributed by atoms with van der Waals surface area (Å²) in [5, 5.41) is 0. The van der Waals surface area contributed by atoms with Crippen molar-refractivity contribution in [2.24, 2.45) is 0 Å². The third kappa shape index (κ3) is 5.96. The van der Waals surface area contributed by atoms with Gasteiger partial charge in [0.2, 0.25) is 0 Å². The molecule has 1 fully saturated rings. The predicted octanol–water partition coefficient (Wildman–Crippen LogP) is 3.89. The van der Waals surface area contributed by atoms with Crippen LogP contribution < -0.4 is 9.47 Å². The summed E-state index contributed by atoms with van der Waals surface area (Å²) >= 11 is 0. The van der Waals surface area contributed by atoms with Gasteiger partial charge in [-0.3, -0.25) is 9.59 Å². The lowest BCUT2D eigenvalue weighted by Gasteiger charge is -2.26. The van der Waals surface area contributed by atoms with Gasteiger partial charge in [0.15, 0.2) is 18.1 Å². The fourth-order valence-corrected chi connectivity index (χ4v) is 3.58. The van der Waals surface area contributed by atoms with Crippen molar-refractivity contribution < 1.29 is 23.5 Å². The summed E-state index contributed by atoms with van der Waals surface area (Å²) in [5.41, 5.74) is 0.844. The van der Waals surface area contributed by atoms with Crippen LogP contribution >= 0.6 is 0 Å². The van der Waals surface area contributed by atoms with Gasteiger partial charge in [-0.25, -0.2) is 4.39 Å². The van der Waals surface area contributed by atoms with Crippen molar-refractivity contribution in [1.29, 1.82) is 0 Å². The number of hydrogen-bond acceptors (Lipinski definition) is 4. The molecule has 31 heavy (non-hydrogen) atoms. The smallest absolute Gasteiger partial charge is 0.260 e. The van der Waals surface area contributed by atoms with Crippen molar-refractivity contribution in [1.82, 2.24) is 9.80 Å². The van der Waals surface area contributed by atoms with Crippen molar-refractivity contribution in [3.05, 3.63) is 59.4 Å². The molecule has 7 heteroatoms. The number of carbonyl (C=O) groups excluding carboxylic acids is 2. The highest BCUT2D eigenvalue weighted by atomic mass is 19.1. The number of rotatable bonds is 8. The fraction of sp³-hybridized carbons (Fsp3) is 0.417. The third-order valence-electron chi connectivity index (χ3n) is 5.26. The molecule has 2 amide bonds. The van der Waals surface area contributed by atoms with Crippen LogP contribution in [0.15, 0.2) is 42.5 Å². The van der Waals surface area contributed by atoms with Gasteiger partial charge in [-0.05, 0) is 50.5 Å². The summed E-state index contributed by atoms with van der Waals surface area (Å²) in [6, 6.07) is 11.2. The average molecular weight is 429 g/mol. The Morgan fingerprint density at radius 2 is 1.77 bits per heavy atom. The Morgan fingerprint density at radius 1 is 1.03 bits per heavy atom. The number of amides is 2. The van der Waals surface area contributed by atoms with E-state index in [0.29, 0.717) is 29.2 Å². The molecule has 166 valence electrons. The standard InChI is InChI=1S/C24H29FN2O4/c1-3-30-22-15-18(24(29)26(2)16-19-9-5-6-10-20(19)25)11-12-21(22)31-17-23(28)27-13-7-4-8-14-27/h5-6,9-12,15H,3-4,7-8,13-14,16-17H2,1-2H3. The van der Waals surface area contributed by atoms with E-state index in [2.05, 4.69) is 0 Å². The van der Waals surface area contributed by atoms with Gasteiger partial charge in [-0.1, -0.05) is 18.2 Å². The zero-order chi connectivity index (χ0) is 22.2. The number of benzene rings is 2. The van der Waals surface area contributed by atoms with Crippen LogP contribution in [0.4, 0.5) is 4.39 Å². The Kier molecular flexibility index (Phi) is 7.87. The normalized spacial score (nSPS) is 13.6. The Bertz CT molecular complexity index is 912. The van der Waals surface area contributed by atoms with Gasteiger partial charge in [0.1, 0.15) is 5.82 Å². The molecule has 0 N–H and O–H groups in total. The topological polar surface area (TPSA) is 59.1 Å². The number of piperidine rings is 1. The summed E-state index contributed by atoms with van der Waals surface area (Å²) in [4.78, 5) is 28.5. The van der Waals surface area contributed by atoms with Crippen LogP contribution in [-0.2, 0) is 11.3 Å². The van der Waals surface area contributed by atoms with E-state index in [1.165, 1.54) is 11.0 Å². The quantitative estimate of drug-likeness (QED) is 0.640. The lowest BCUT2D eigenvalue weighted by Crippen LogP contribution is -2.38. The first kappa shape index (κ1) is 22.6. The van der Waals surface area contributed by atoms with E-state index in [9.17, 15) is 14.0 Å². The second kappa shape index (κ2) is 10.8. The van der Waals surface area contributed by atoms with Crippen molar-refractivity contribution in [3.8, 4) is 11.5 Å². The molecule has 1 aliphatic heterocycles. The van der Waals surface area contributed by atoms with Crippen LogP contribution in [0, 0.1) is 5.82 Å². The Labute approximate surface area is 182 Å². The number of ether oxygens (including phenoxy) is 2. The molecule has 2 aromatic carbocycles. The van der Waals surface area contributed by atoms with Crippen LogP contribution in [0.5, 0.6) is 11.5 Å². The predicted molar refractivity (Wildman–Crippen MR) is 116 cm³/mol. The lowest BCUT2D eigenvalue weighted by atomic mass is 10.1. The SMILES string of the molecule is CCOc1cc(C(=O)N(C)Cc2ccccc2F)ccc1OCC(=O)N1CCCCC1. The number of likely N-dealkylation sites (tertiary alicyclic amines) is 1. The number of nitrogens with zero attached hydrogens (tertiary/aromatic N) is 2. The van der Waals surface area contributed by atoms with Crippen molar-refractivity contribution in [2.45, 2.75) is 32.7 Å². The summed E-state index contributed by atoms with van der Waals surface area (Å²) in [5.74, 6) is 0.158. The van der Waals surface area contributed by atoms with Gasteiger partial charge in [-0.15, -0.1) is 0 Å². The van der Waals surface area contributed by atoms with E-state index in [1.54, 1.807) is 43.4 Å². The van der Waals surface area contributed by atoms with Crippen LogP contribution in [0.3, 0.4) is 0 Å². The van der Waals surface area contributed by atoms with E-state index in [4.69, 9.17) is 9.47 Å². The molecule has 0 saturated carbocycles. The zero-order valence-corrected chi connectivity index (χ0v) is 18.1. The lowest BCUT2D eigenvalue weighted by molar-refractivity contribution is -0.134. The minimum absolute atomic E-state index is 0.0491. The maximum atomic E-state index is 13.9. The molecule has 2 aromatic rings. The maximum absolute atomic E-state index is 13.9. The molecule has 0 spiro atoms. The molecule has 0 atom stereocenters. The molecule has 1 aliphatic rings. The molecule has 0 bridgehead atoms. The number of hydrogen-bond donors (Lipinski definition) is 0. The average Bonchev–Trinajstić information content (AvgIpc) is 2.79. The van der Waals surface area contributed by atoms with E-state index in [-0.39, 0.29) is 30.8 Å². The highest BCUT2D eigenvalue weighted by Crippen LogP contribution is 2.29. The highest BCUT2D eigenvalue weighted by Gasteiger charge is 2.19. The molecule has 6 nitrogen and oxygen atoms in total. The second-order valence-electron chi connectivity index (χ2n) is 7.58. The van der Waals surface area contributed by atoms with Crippen molar-refractivity contribution >= 4 is 11.8 Å². The van der Waals surface area contributed by atoms with Gasteiger partial charge < -0.3 is 19.3 Å². The largest absolute Gasteiger partial charge is 0.490 e. The van der Waals surface area contributed by atoms with Crippen LogP contribution in [0.25, 0.3) is 0 Å². The van der Waals surface area contributed by atoms with Crippen LogP contribution in [0.2, 0.25) is 0 Å². The molecule has 0 aromatic heterocycles. The van der Waals surface area contributed by atoms with E-state index in [0.717, 1.165) is 32.4 Å². The zero-order valence-electron chi connectivity index (χ0n) is 18.1. The van der Waals surface area contributed by atoms with Crippen molar-refractivity contribution in [3.63, 3.8) is 0 Å².